The summed E-state index contributed by atoms with van der Waals surface area (Å²) < 4.78 is 1.83. The van der Waals surface area contributed by atoms with Gasteiger partial charge in [0.15, 0.2) is 0 Å². The van der Waals surface area contributed by atoms with Crippen LogP contribution in [0.25, 0.3) is 5.69 Å². The van der Waals surface area contributed by atoms with Gasteiger partial charge in [-0.1, -0.05) is 0 Å². The van der Waals surface area contributed by atoms with E-state index in [0.29, 0.717) is 6.04 Å². The molecule has 1 aromatic heterocycles. The van der Waals surface area contributed by atoms with Crippen LogP contribution in [0.2, 0.25) is 0 Å². The highest BCUT2D eigenvalue weighted by molar-refractivity contribution is 5.94. The summed E-state index contributed by atoms with van der Waals surface area (Å²) in [6, 6.07) is 8.25. The van der Waals surface area contributed by atoms with Crippen molar-refractivity contribution in [2.24, 2.45) is 0 Å². The molecule has 0 radical (unpaired) electrons. The fraction of sp³-hybridized carbons (Fsp3) is 0.474. The Bertz CT molecular complexity index is 739. The summed E-state index contributed by atoms with van der Waals surface area (Å²) in [6.07, 6.45) is 4.89. The summed E-state index contributed by atoms with van der Waals surface area (Å²) >= 11 is 0. The van der Waals surface area contributed by atoms with E-state index in [1.165, 1.54) is 0 Å². The molecule has 4 rings (SSSR count). The van der Waals surface area contributed by atoms with E-state index < -0.39 is 0 Å². The van der Waals surface area contributed by atoms with E-state index in [9.17, 15) is 4.79 Å². The number of halogens is 1. The summed E-state index contributed by atoms with van der Waals surface area (Å²) in [6.45, 7) is 8.00. The minimum atomic E-state index is 0. The van der Waals surface area contributed by atoms with Crippen LogP contribution in [0.15, 0.2) is 36.7 Å². The molecular formula is C19H26ClN5O. The molecule has 1 unspecified atom stereocenters. The van der Waals surface area contributed by atoms with Gasteiger partial charge in [-0.2, -0.15) is 5.10 Å². The first-order chi connectivity index (χ1) is 12.2. The van der Waals surface area contributed by atoms with Crippen LogP contribution < -0.4 is 5.32 Å². The number of hydrogen-bond donors (Lipinski definition) is 1. The molecule has 6 nitrogen and oxygen atoms in total. The Balaban J connectivity index is 0.00000196. The minimum Gasteiger partial charge on any atom is -0.337 e. The lowest BCUT2D eigenvalue weighted by atomic mass is 10.2. The summed E-state index contributed by atoms with van der Waals surface area (Å²) in [5, 5.41) is 7.70. The lowest BCUT2D eigenvalue weighted by Crippen LogP contribution is -2.49. The minimum absolute atomic E-state index is 0. The number of hydrogen-bond acceptors (Lipinski definition) is 4. The second-order valence-electron chi connectivity index (χ2n) is 6.99. The number of benzene rings is 1. The molecule has 26 heavy (non-hydrogen) atoms. The first-order valence-corrected chi connectivity index (χ1v) is 9.06. The largest absolute Gasteiger partial charge is 0.337 e. The molecule has 2 aromatic rings. The molecule has 0 bridgehead atoms. The predicted molar refractivity (Wildman–Crippen MR) is 104 cm³/mol. The number of aryl methyl sites for hydroxylation is 1. The Kier molecular flexibility index (Phi) is 5.96. The third-order valence-corrected chi connectivity index (χ3v) is 5.21. The van der Waals surface area contributed by atoms with Gasteiger partial charge in [0.25, 0.3) is 5.91 Å². The van der Waals surface area contributed by atoms with Crippen molar-refractivity contribution >= 4 is 18.3 Å². The molecule has 1 atom stereocenters. The molecule has 0 saturated carbocycles. The van der Waals surface area contributed by atoms with Crippen molar-refractivity contribution in [3.8, 4) is 5.69 Å². The molecule has 0 aliphatic carbocycles. The van der Waals surface area contributed by atoms with Crippen LogP contribution in [0.1, 0.15) is 22.3 Å². The fourth-order valence-electron chi connectivity index (χ4n) is 3.76. The Morgan fingerprint density at radius 3 is 2.54 bits per heavy atom. The number of nitrogens with zero attached hydrogens (tertiary/aromatic N) is 4. The molecule has 2 aliphatic rings. The van der Waals surface area contributed by atoms with E-state index >= 15 is 0 Å². The predicted octanol–water partition coefficient (Wildman–Crippen LogP) is 1.72. The summed E-state index contributed by atoms with van der Waals surface area (Å²) in [7, 11) is 0. The van der Waals surface area contributed by atoms with Crippen molar-refractivity contribution in [1.29, 1.82) is 0 Å². The number of nitrogens with one attached hydrogen (secondary N) is 1. The van der Waals surface area contributed by atoms with Gasteiger partial charge in [-0.05, 0) is 43.2 Å². The van der Waals surface area contributed by atoms with Gasteiger partial charge >= 0.3 is 0 Å². The smallest absolute Gasteiger partial charge is 0.253 e. The van der Waals surface area contributed by atoms with Gasteiger partial charge in [-0.25, -0.2) is 4.68 Å². The van der Waals surface area contributed by atoms with Gasteiger partial charge < -0.3 is 10.2 Å². The number of carbonyl (C=O) groups excluding carboxylic acids is 1. The van der Waals surface area contributed by atoms with Gasteiger partial charge in [-0.3, -0.25) is 9.69 Å². The third-order valence-electron chi connectivity index (χ3n) is 5.21. The first-order valence-electron chi connectivity index (χ1n) is 9.06. The molecule has 0 spiro atoms. The van der Waals surface area contributed by atoms with Crippen molar-refractivity contribution in [3.05, 3.63) is 47.8 Å². The average Bonchev–Trinajstić information content (AvgIpc) is 3.31. The van der Waals surface area contributed by atoms with E-state index in [4.69, 9.17) is 0 Å². The molecule has 1 amide bonds. The SMILES string of the molecule is Cc1cnn(-c2ccc(C(=O)N3CCC(N4CCNCC4)C3)cc2)c1.Cl. The summed E-state index contributed by atoms with van der Waals surface area (Å²) in [5.74, 6) is 0.140. The maximum absolute atomic E-state index is 12.8. The zero-order chi connectivity index (χ0) is 17.2. The monoisotopic (exact) mass is 375 g/mol. The molecule has 140 valence electrons. The number of amides is 1. The van der Waals surface area contributed by atoms with Crippen molar-refractivity contribution in [3.63, 3.8) is 0 Å². The van der Waals surface area contributed by atoms with Gasteiger partial charge in [0.2, 0.25) is 0 Å². The maximum Gasteiger partial charge on any atom is 0.253 e. The highest BCUT2D eigenvalue weighted by atomic mass is 35.5. The highest BCUT2D eigenvalue weighted by Gasteiger charge is 2.31. The lowest BCUT2D eigenvalue weighted by molar-refractivity contribution is 0.0773. The Morgan fingerprint density at radius 2 is 1.88 bits per heavy atom. The number of piperazine rings is 1. The van der Waals surface area contributed by atoms with Crippen molar-refractivity contribution in [1.82, 2.24) is 24.9 Å². The average molecular weight is 376 g/mol. The normalized spacial score (nSPS) is 20.8. The molecule has 7 heteroatoms. The Labute approximate surface area is 160 Å². The lowest BCUT2D eigenvalue weighted by Gasteiger charge is -2.32. The van der Waals surface area contributed by atoms with Gasteiger partial charge in [-0.15, -0.1) is 12.4 Å². The number of rotatable bonds is 3. The zero-order valence-electron chi connectivity index (χ0n) is 15.1. The van der Waals surface area contributed by atoms with Crippen LogP contribution >= 0.6 is 12.4 Å². The van der Waals surface area contributed by atoms with E-state index in [1.54, 1.807) is 0 Å². The van der Waals surface area contributed by atoms with Crippen LogP contribution in [0.3, 0.4) is 0 Å². The topological polar surface area (TPSA) is 53.4 Å². The van der Waals surface area contributed by atoms with E-state index in [-0.39, 0.29) is 18.3 Å². The number of carbonyl (C=O) groups is 1. The van der Waals surface area contributed by atoms with Crippen LogP contribution in [-0.4, -0.2) is 70.8 Å². The molecule has 1 aromatic carbocycles. The summed E-state index contributed by atoms with van der Waals surface area (Å²) in [4.78, 5) is 17.3. The molecule has 2 aliphatic heterocycles. The molecule has 2 saturated heterocycles. The van der Waals surface area contributed by atoms with Crippen LogP contribution in [-0.2, 0) is 0 Å². The van der Waals surface area contributed by atoms with Crippen LogP contribution in [0.4, 0.5) is 0 Å². The number of aromatic nitrogens is 2. The molecule has 3 heterocycles. The first kappa shape index (κ1) is 18.9. The quantitative estimate of drug-likeness (QED) is 0.887. The Morgan fingerprint density at radius 1 is 1.15 bits per heavy atom. The van der Waals surface area contributed by atoms with E-state index in [1.807, 2.05) is 53.2 Å². The molecule has 2 fully saturated rings. The van der Waals surface area contributed by atoms with Crippen molar-refractivity contribution in [2.45, 2.75) is 19.4 Å². The molecule has 1 N–H and O–H groups in total. The number of likely N-dealkylation sites (tertiary alicyclic amines) is 1. The summed E-state index contributed by atoms with van der Waals surface area (Å²) in [5.41, 5.74) is 2.86. The fourth-order valence-corrected chi connectivity index (χ4v) is 3.76. The maximum atomic E-state index is 12.8. The Hall–Kier alpha value is -1.89. The second kappa shape index (κ2) is 8.20. The van der Waals surface area contributed by atoms with Gasteiger partial charge in [0.05, 0.1) is 11.9 Å². The van der Waals surface area contributed by atoms with E-state index in [0.717, 1.165) is 62.5 Å². The highest BCUT2D eigenvalue weighted by Crippen LogP contribution is 2.19. The van der Waals surface area contributed by atoms with Crippen LogP contribution in [0, 0.1) is 6.92 Å². The van der Waals surface area contributed by atoms with Crippen LogP contribution in [0.5, 0.6) is 0 Å². The third kappa shape index (κ3) is 3.92. The van der Waals surface area contributed by atoms with Gasteiger partial charge in [0.1, 0.15) is 0 Å². The van der Waals surface area contributed by atoms with Crippen molar-refractivity contribution < 1.29 is 4.79 Å². The second-order valence-corrected chi connectivity index (χ2v) is 6.99. The molecular weight excluding hydrogens is 350 g/mol. The standard InChI is InChI=1S/C19H25N5O.ClH/c1-15-12-21-24(13-15)17-4-2-16(3-5-17)19(25)23-9-6-18(14-23)22-10-7-20-8-11-22;/h2-5,12-13,18,20H,6-11,14H2,1H3;1H. The van der Waals surface area contributed by atoms with Gasteiger partial charge in [0, 0.05) is 57.1 Å². The zero-order valence-corrected chi connectivity index (χ0v) is 15.9. The van der Waals surface area contributed by atoms with E-state index in [2.05, 4.69) is 15.3 Å². The van der Waals surface area contributed by atoms with Crippen molar-refractivity contribution in [2.75, 3.05) is 39.3 Å².